The number of piperidine rings is 1. The Bertz CT molecular complexity index is 677. The summed E-state index contributed by atoms with van der Waals surface area (Å²) in [7, 11) is 0. The summed E-state index contributed by atoms with van der Waals surface area (Å²) in [5, 5.41) is 4.31. The zero-order valence-corrected chi connectivity index (χ0v) is 14.3. The third-order valence-corrected chi connectivity index (χ3v) is 5.58. The summed E-state index contributed by atoms with van der Waals surface area (Å²) in [6.07, 6.45) is 4.49. The van der Waals surface area contributed by atoms with Gasteiger partial charge in [-0.15, -0.1) is 0 Å². The van der Waals surface area contributed by atoms with Crippen LogP contribution in [0.5, 0.6) is 0 Å². The quantitative estimate of drug-likeness (QED) is 0.858. The maximum absolute atomic E-state index is 12.9. The number of thiophene rings is 1. The molecule has 2 saturated heterocycles. The minimum absolute atomic E-state index is 0.0908. The first kappa shape index (κ1) is 15.7. The van der Waals surface area contributed by atoms with Crippen molar-refractivity contribution in [2.24, 2.45) is 0 Å². The van der Waals surface area contributed by atoms with E-state index in [2.05, 4.69) is 26.7 Å². The molecule has 24 heavy (non-hydrogen) atoms. The van der Waals surface area contributed by atoms with Gasteiger partial charge in [0.05, 0.1) is 18.8 Å². The van der Waals surface area contributed by atoms with Crippen LogP contribution in [0, 0.1) is 0 Å². The molecule has 4 rings (SSSR count). The van der Waals surface area contributed by atoms with Gasteiger partial charge in [0.15, 0.2) is 0 Å². The van der Waals surface area contributed by atoms with Crippen LogP contribution in [-0.4, -0.2) is 59.1 Å². The fraction of sp³-hybridized carbons (Fsp3) is 0.444. The van der Waals surface area contributed by atoms with Gasteiger partial charge in [0.25, 0.3) is 5.91 Å². The molecule has 2 aliphatic rings. The molecule has 4 heterocycles. The molecular formula is C18H21N3O2S. The van der Waals surface area contributed by atoms with Gasteiger partial charge in [0, 0.05) is 44.1 Å². The molecule has 2 aliphatic heterocycles. The average molecular weight is 343 g/mol. The number of nitrogens with zero attached hydrogens (tertiary/aromatic N) is 3. The van der Waals surface area contributed by atoms with Crippen molar-refractivity contribution >= 4 is 17.2 Å². The van der Waals surface area contributed by atoms with Crippen LogP contribution in [0.3, 0.4) is 0 Å². The molecule has 2 aromatic heterocycles. The van der Waals surface area contributed by atoms with E-state index < -0.39 is 0 Å². The number of hydrogen-bond donors (Lipinski definition) is 0. The second-order valence-corrected chi connectivity index (χ2v) is 7.15. The zero-order valence-electron chi connectivity index (χ0n) is 13.5. The molecule has 2 aromatic rings. The van der Waals surface area contributed by atoms with E-state index in [1.54, 1.807) is 35.9 Å². The second kappa shape index (κ2) is 7.01. The highest BCUT2D eigenvalue weighted by Gasteiger charge is 2.39. The van der Waals surface area contributed by atoms with Gasteiger partial charge in [0.2, 0.25) is 0 Å². The Morgan fingerprint density at radius 3 is 2.96 bits per heavy atom. The van der Waals surface area contributed by atoms with Crippen molar-refractivity contribution < 1.29 is 9.53 Å². The lowest BCUT2D eigenvalue weighted by Crippen LogP contribution is -2.61. The topological polar surface area (TPSA) is 45.7 Å². The fourth-order valence-corrected chi connectivity index (χ4v) is 4.29. The number of morpholine rings is 1. The number of carbonyl (C=O) groups excluding carboxylic acids is 1. The molecule has 0 saturated carbocycles. The van der Waals surface area contributed by atoms with Gasteiger partial charge in [-0.1, -0.05) is 0 Å². The summed E-state index contributed by atoms with van der Waals surface area (Å²) < 4.78 is 5.95. The summed E-state index contributed by atoms with van der Waals surface area (Å²) >= 11 is 1.73. The number of amides is 1. The summed E-state index contributed by atoms with van der Waals surface area (Å²) in [6, 6.07) is 5.89. The van der Waals surface area contributed by atoms with Crippen molar-refractivity contribution in [2.45, 2.75) is 25.1 Å². The van der Waals surface area contributed by atoms with Crippen LogP contribution in [0.4, 0.5) is 0 Å². The number of ether oxygens (including phenoxy) is 1. The van der Waals surface area contributed by atoms with E-state index in [4.69, 9.17) is 4.74 Å². The van der Waals surface area contributed by atoms with Gasteiger partial charge in [-0.2, -0.15) is 11.3 Å². The van der Waals surface area contributed by atoms with Crippen LogP contribution in [0.25, 0.3) is 0 Å². The first-order valence-electron chi connectivity index (χ1n) is 8.37. The first-order valence-corrected chi connectivity index (χ1v) is 9.31. The van der Waals surface area contributed by atoms with Crippen molar-refractivity contribution in [1.82, 2.24) is 14.8 Å². The van der Waals surface area contributed by atoms with E-state index in [1.165, 1.54) is 5.56 Å². The maximum Gasteiger partial charge on any atom is 0.254 e. The van der Waals surface area contributed by atoms with Crippen LogP contribution in [0.1, 0.15) is 22.3 Å². The number of carbonyl (C=O) groups is 1. The van der Waals surface area contributed by atoms with E-state index >= 15 is 0 Å². The summed E-state index contributed by atoms with van der Waals surface area (Å²) in [5.74, 6) is 0.0908. The molecule has 1 amide bonds. The molecule has 0 unspecified atom stereocenters. The van der Waals surface area contributed by atoms with Gasteiger partial charge in [-0.05, 0) is 40.9 Å². The predicted molar refractivity (Wildman–Crippen MR) is 93.0 cm³/mol. The van der Waals surface area contributed by atoms with Crippen molar-refractivity contribution in [3.63, 3.8) is 0 Å². The molecule has 5 nitrogen and oxygen atoms in total. The molecule has 0 N–H and O–H groups in total. The number of likely N-dealkylation sites (tertiary alicyclic amines) is 1. The van der Waals surface area contributed by atoms with Crippen molar-refractivity contribution in [1.29, 1.82) is 0 Å². The van der Waals surface area contributed by atoms with E-state index in [9.17, 15) is 4.79 Å². The number of pyridine rings is 1. The molecule has 2 fully saturated rings. The number of hydrogen-bond acceptors (Lipinski definition) is 5. The normalized spacial score (nSPS) is 24.6. The lowest BCUT2D eigenvalue weighted by molar-refractivity contribution is -0.0914. The van der Waals surface area contributed by atoms with Gasteiger partial charge in [-0.3, -0.25) is 14.7 Å². The third-order valence-electron chi connectivity index (χ3n) is 4.84. The van der Waals surface area contributed by atoms with Gasteiger partial charge >= 0.3 is 0 Å². The first-order chi connectivity index (χ1) is 11.8. The zero-order chi connectivity index (χ0) is 16.4. The van der Waals surface area contributed by atoms with Gasteiger partial charge < -0.3 is 9.64 Å². The molecule has 0 spiro atoms. The molecule has 0 aromatic carbocycles. The van der Waals surface area contributed by atoms with Crippen molar-refractivity contribution in [2.75, 3.05) is 26.2 Å². The lowest BCUT2D eigenvalue weighted by Gasteiger charge is -2.47. The number of fused-ring (bicyclic) bond motifs is 1. The van der Waals surface area contributed by atoms with Crippen LogP contribution < -0.4 is 0 Å². The van der Waals surface area contributed by atoms with Crippen LogP contribution in [-0.2, 0) is 11.3 Å². The Labute approximate surface area is 145 Å². The Kier molecular flexibility index (Phi) is 4.60. The van der Waals surface area contributed by atoms with Crippen molar-refractivity contribution in [3.8, 4) is 0 Å². The summed E-state index contributed by atoms with van der Waals surface area (Å²) in [4.78, 5) is 21.3. The van der Waals surface area contributed by atoms with Gasteiger partial charge in [0.1, 0.15) is 0 Å². The van der Waals surface area contributed by atoms with Crippen LogP contribution >= 0.6 is 11.3 Å². The Morgan fingerprint density at radius 1 is 1.29 bits per heavy atom. The number of aromatic nitrogens is 1. The Morgan fingerprint density at radius 2 is 2.17 bits per heavy atom. The van der Waals surface area contributed by atoms with E-state index in [0.717, 1.165) is 26.1 Å². The molecule has 126 valence electrons. The highest BCUT2D eigenvalue weighted by Crippen LogP contribution is 2.26. The summed E-state index contributed by atoms with van der Waals surface area (Å²) in [6.45, 7) is 4.13. The minimum atomic E-state index is 0.0908. The largest absolute Gasteiger partial charge is 0.374 e. The van der Waals surface area contributed by atoms with Crippen molar-refractivity contribution in [3.05, 3.63) is 52.5 Å². The smallest absolute Gasteiger partial charge is 0.254 e. The highest BCUT2D eigenvalue weighted by molar-refractivity contribution is 7.07. The van der Waals surface area contributed by atoms with Crippen LogP contribution in [0.2, 0.25) is 0 Å². The molecule has 2 atom stereocenters. The number of rotatable bonds is 3. The van der Waals surface area contributed by atoms with Crippen LogP contribution in [0.15, 0.2) is 41.4 Å². The molecule has 0 radical (unpaired) electrons. The monoisotopic (exact) mass is 343 g/mol. The van der Waals surface area contributed by atoms with Gasteiger partial charge in [-0.25, -0.2) is 0 Å². The average Bonchev–Trinajstić information content (AvgIpc) is 3.14. The molecule has 0 aliphatic carbocycles. The molecule has 0 bridgehead atoms. The maximum atomic E-state index is 12.9. The SMILES string of the molecule is O=C(c1ccncc1)N1CCO[C@@H]2CCN(Cc3ccsc3)C[C@H]21. The molecular weight excluding hydrogens is 322 g/mol. The highest BCUT2D eigenvalue weighted by atomic mass is 32.1. The fourth-order valence-electron chi connectivity index (χ4n) is 3.63. The summed E-state index contributed by atoms with van der Waals surface area (Å²) in [5.41, 5.74) is 2.06. The van der Waals surface area contributed by atoms with E-state index in [-0.39, 0.29) is 18.1 Å². The third kappa shape index (κ3) is 3.22. The second-order valence-electron chi connectivity index (χ2n) is 6.37. The Hall–Kier alpha value is -1.76. The lowest BCUT2D eigenvalue weighted by atomic mass is 9.97. The standard InChI is InChI=1S/C18H21N3O2S/c22-18(15-1-5-19-6-2-15)21-8-9-23-17-3-7-20(12-16(17)21)11-14-4-10-24-13-14/h1-2,4-6,10,13,16-17H,3,7-9,11-12H2/t16-,17-/m1/s1. The van der Waals surface area contributed by atoms with E-state index in [1.807, 2.05) is 4.90 Å². The Balaban J connectivity index is 1.49. The minimum Gasteiger partial charge on any atom is -0.374 e. The molecule has 6 heteroatoms. The van der Waals surface area contributed by atoms with E-state index in [0.29, 0.717) is 18.7 Å². The predicted octanol–water partition coefficient (Wildman–Crippen LogP) is 2.26.